The number of hydrogen-bond donors (Lipinski definition) is 2. The summed E-state index contributed by atoms with van der Waals surface area (Å²) >= 11 is 1.67. The lowest BCUT2D eigenvalue weighted by Gasteiger charge is -2.31. The van der Waals surface area contributed by atoms with E-state index in [1.54, 1.807) is 11.3 Å². The minimum absolute atomic E-state index is 0.111. The summed E-state index contributed by atoms with van der Waals surface area (Å²) in [5.74, 6) is 0. The first kappa shape index (κ1) is 18.7. The van der Waals surface area contributed by atoms with Crippen molar-refractivity contribution in [3.05, 3.63) is 16.6 Å². The van der Waals surface area contributed by atoms with Gasteiger partial charge in [0, 0.05) is 56.8 Å². The van der Waals surface area contributed by atoms with Crippen LogP contribution in [-0.4, -0.2) is 86.6 Å². The molecule has 1 aromatic heterocycles. The predicted molar refractivity (Wildman–Crippen MR) is 92.5 cm³/mol. The van der Waals surface area contributed by atoms with Crippen LogP contribution in [0.15, 0.2) is 11.7 Å². The normalized spacial score (nSPS) is 21.5. The number of thiazole rings is 1. The van der Waals surface area contributed by atoms with Crippen molar-refractivity contribution < 1.29 is 9.47 Å². The highest BCUT2D eigenvalue weighted by Gasteiger charge is 2.17. The molecule has 0 radical (unpaired) electrons. The van der Waals surface area contributed by atoms with Gasteiger partial charge < -0.3 is 20.9 Å². The van der Waals surface area contributed by atoms with E-state index < -0.39 is 0 Å². The highest BCUT2D eigenvalue weighted by Crippen LogP contribution is 2.10. The summed E-state index contributed by atoms with van der Waals surface area (Å²) in [7, 11) is 0. The Morgan fingerprint density at radius 2 is 1.78 bits per heavy atom. The Labute approximate surface area is 142 Å². The van der Waals surface area contributed by atoms with Gasteiger partial charge in [-0.1, -0.05) is 0 Å². The molecule has 3 rings (SSSR count). The Balaban J connectivity index is 0.000000185. The van der Waals surface area contributed by atoms with Gasteiger partial charge in [-0.25, -0.2) is 0 Å². The molecule has 2 fully saturated rings. The van der Waals surface area contributed by atoms with Crippen LogP contribution in [-0.2, 0) is 15.9 Å². The van der Waals surface area contributed by atoms with Gasteiger partial charge in [-0.05, 0) is 0 Å². The van der Waals surface area contributed by atoms with Crippen LogP contribution in [0.1, 0.15) is 4.88 Å². The topological polar surface area (TPSA) is 89.9 Å². The van der Waals surface area contributed by atoms with Crippen LogP contribution < -0.4 is 11.5 Å². The van der Waals surface area contributed by atoms with Crippen molar-refractivity contribution in [2.24, 2.45) is 11.5 Å². The summed E-state index contributed by atoms with van der Waals surface area (Å²) in [6.45, 7) is 9.13. The zero-order chi connectivity index (χ0) is 16.3. The molecule has 2 aliphatic rings. The fourth-order valence-electron chi connectivity index (χ4n) is 2.59. The number of nitrogens with two attached hydrogens (primary N) is 2. The van der Waals surface area contributed by atoms with Gasteiger partial charge in [-0.2, -0.15) is 0 Å². The van der Waals surface area contributed by atoms with Crippen LogP contribution in [0, 0.1) is 0 Å². The molecule has 0 bridgehead atoms. The fourth-order valence-corrected chi connectivity index (χ4v) is 3.24. The first-order chi connectivity index (χ1) is 11.3. The fraction of sp³-hybridized carbons (Fsp3) is 0.800. The van der Waals surface area contributed by atoms with Gasteiger partial charge in [0.15, 0.2) is 0 Å². The van der Waals surface area contributed by atoms with E-state index in [2.05, 4.69) is 14.8 Å². The average molecular weight is 343 g/mol. The van der Waals surface area contributed by atoms with Gasteiger partial charge in [0.2, 0.25) is 0 Å². The van der Waals surface area contributed by atoms with Gasteiger partial charge in [0.1, 0.15) is 0 Å². The second-order valence-corrected chi connectivity index (χ2v) is 6.60. The number of nitrogens with zero attached hydrogens (tertiary/aromatic N) is 3. The molecule has 2 aliphatic heterocycles. The van der Waals surface area contributed by atoms with E-state index >= 15 is 0 Å². The van der Waals surface area contributed by atoms with Gasteiger partial charge in [-0.3, -0.25) is 14.8 Å². The van der Waals surface area contributed by atoms with Crippen molar-refractivity contribution in [1.29, 1.82) is 0 Å². The predicted octanol–water partition coefficient (Wildman–Crippen LogP) is -0.420. The number of morpholine rings is 2. The highest BCUT2D eigenvalue weighted by molar-refractivity contribution is 7.09. The molecule has 1 aromatic rings. The Bertz CT molecular complexity index is 392. The van der Waals surface area contributed by atoms with Gasteiger partial charge in [-0.15, -0.1) is 11.3 Å². The summed E-state index contributed by atoms with van der Waals surface area (Å²) in [4.78, 5) is 9.88. The maximum absolute atomic E-state index is 6.09. The van der Waals surface area contributed by atoms with Gasteiger partial charge in [0.05, 0.1) is 38.1 Å². The lowest BCUT2D eigenvalue weighted by Crippen LogP contribution is -2.49. The van der Waals surface area contributed by atoms with Crippen LogP contribution in [0.3, 0.4) is 0 Å². The van der Waals surface area contributed by atoms with Crippen LogP contribution in [0.2, 0.25) is 0 Å². The van der Waals surface area contributed by atoms with Crippen LogP contribution in [0.4, 0.5) is 0 Å². The van der Waals surface area contributed by atoms with Crippen molar-refractivity contribution in [3.63, 3.8) is 0 Å². The molecule has 132 valence electrons. The van der Waals surface area contributed by atoms with Crippen LogP contribution in [0.5, 0.6) is 0 Å². The number of rotatable bonds is 5. The molecule has 1 unspecified atom stereocenters. The quantitative estimate of drug-likeness (QED) is 0.750. The molecule has 0 amide bonds. The summed E-state index contributed by atoms with van der Waals surface area (Å²) in [5.41, 5.74) is 13.3. The Morgan fingerprint density at radius 3 is 2.35 bits per heavy atom. The molecule has 2 saturated heterocycles. The lowest BCUT2D eigenvalue weighted by molar-refractivity contribution is 0.0180. The third-order valence-electron chi connectivity index (χ3n) is 3.96. The summed E-state index contributed by atoms with van der Waals surface area (Å²) < 4.78 is 10.4. The molecular weight excluding hydrogens is 314 g/mol. The van der Waals surface area contributed by atoms with Gasteiger partial charge in [0.25, 0.3) is 0 Å². The Morgan fingerprint density at radius 1 is 1.13 bits per heavy atom. The summed E-state index contributed by atoms with van der Waals surface area (Å²) in [5, 5.41) is 0. The number of ether oxygens (including phenoxy) is 2. The molecule has 8 heteroatoms. The Kier molecular flexibility index (Phi) is 8.98. The Hall–Kier alpha value is -0.610. The smallest absolute Gasteiger partial charge is 0.0794 e. The van der Waals surface area contributed by atoms with Crippen LogP contribution in [0.25, 0.3) is 0 Å². The minimum atomic E-state index is 0.111. The van der Waals surface area contributed by atoms with Crippen LogP contribution >= 0.6 is 11.3 Å². The van der Waals surface area contributed by atoms with E-state index in [9.17, 15) is 0 Å². The molecule has 1 atom stereocenters. The number of hydrogen-bond acceptors (Lipinski definition) is 8. The van der Waals surface area contributed by atoms with E-state index in [-0.39, 0.29) is 6.17 Å². The third-order valence-corrected chi connectivity index (χ3v) is 4.76. The standard InChI is InChI=1S/C9H15N3OS.C6H14N2O/c10-9(5-8-6-11-7-14-8)12-1-3-13-4-2-12;7-1-2-8-3-5-9-6-4-8/h6-7,9H,1-5,10H2;1-7H2. The zero-order valence-electron chi connectivity index (χ0n) is 13.7. The van der Waals surface area contributed by atoms with Crippen molar-refractivity contribution in [2.45, 2.75) is 12.6 Å². The third kappa shape index (κ3) is 7.21. The second kappa shape index (κ2) is 11.0. The first-order valence-corrected chi connectivity index (χ1v) is 9.12. The molecule has 0 spiro atoms. The molecule has 4 N–H and O–H groups in total. The summed E-state index contributed by atoms with van der Waals surface area (Å²) in [6.07, 6.45) is 2.90. The first-order valence-electron chi connectivity index (χ1n) is 8.24. The van der Waals surface area contributed by atoms with E-state index in [1.807, 2.05) is 11.7 Å². The van der Waals surface area contributed by atoms with E-state index in [1.165, 1.54) is 4.88 Å². The van der Waals surface area contributed by atoms with Crippen molar-refractivity contribution in [3.8, 4) is 0 Å². The molecule has 0 aromatic carbocycles. The maximum atomic E-state index is 6.09. The average Bonchev–Trinajstić information content (AvgIpc) is 3.10. The van der Waals surface area contributed by atoms with E-state index in [0.29, 0.717) is 0 Å². The second-order valence-electron chi connectivity index (χ2n) is 5.63. The van der Waals surface area contributed by atoms with E-state index in [0.717, 1.165) is 72.1 Å². The molecule has 0 saturated carbocycles. The van der Waals surface area contributed by atoms with Gasteiger partial charge >= 0.3 is 0 Å². The minimum Gasteiger partial charge on any atom is -0.379 e. The molecule has 23 heavy (non-hydrogen) atoms. The molecule has 7 nitrogen and oxygen atoms in total. The largest absolute Gasteiger partial charge is 0.379 e. The molecular formula is C15H29N5O2S. The maximum Gasteiger partial charge on any atom is 0.0794 e. The monoisotopic (exact) mass is 343 g/mol. The highest BCUT2D eigenvalue weighted by atomic mass is 32.1. The zero-order valence-corrected chi connectivity index (χ0v) is 14.5. The van der Waals surface area contributed by atoms with Crippen molar-refractivity contribution in [1.82, 2.24) is 14.8 Å². The lowest BCUT2D eigenvalue weighted by atomic mass is 10.2. The molecule has 0 aliphatic carbocycles. The van der Waals surface area contributed by atoms with Crippen molar-refractivity contribution >= 4 is 11.3 Å². The van der Waals surface area contributed by atoms with Crippen molar-refractivity contribution in [2.75, 3.05) is 65.7 Å². The molecule has 3 heterocycles. The summed E-state index contributed by atoms with van der Waals surface area (Å²) in [6, 6.07) is 0. The number of aromatic nitrogens is 1. The SMILES string of the molecule is NC(Cc1cncs1)N1CCOCC1.NCCN1CCOCC1. The van der Waals surface area contributed by atoms with E-state index in [4.69, 9.17) is 20.9 Å².